The zero-order valence-corrected chi connectivity index (χ0v) is 12.7. The summed E-state index contributed by atoms with van der Waals surface area (Å²) in [7, 11) is 0. The number of rotatable bonds is 12. The van der Waals surface area contributed by atoms with Crippen molar-refractivity contribution < 1.29 is 0 Å². The molecular formula is C18H31N. The first-order valence-corrected chi connectivity index (χ1v) is 8.18. The quantitative estimate of drug-likeness (QED) is 0.524. The monoisotopic (exact) mass is 261 g/mol. The van der Waals surface area contributed by atoms with Gasteiger partial charge in [-0.3, -0.25) is 0 Å². The molecule has 0 aromatic heterocycles. The maximum atomic E-state index is 3.55. The summed E-state index contributed by atoms with van der Waals surface area (Å²) in [5.74, 6) is 0. The molecule has 0 radical (unpaired) electrons. The predicted molar refractivity (Wildman–Crippen MR) is 85.6 cm³/mol. The van der Waals surface area contributed by atoms with Crippen LogP contribution >= 0.6 is 0 Å². The lowest BCUT2D eigenvalue weighted by molar-refractivity contribution is 0.556. The van der Waals surface area contributed by atoms with Crippen LogP contribution in [0, 0.1) is 0 Å². The van der Waals surface area contributed by atoms with E-state index in [1.807, 2.05) is 0 Å². The van der Waals surface area contributed by atoms with E-state index in [-0.39, 0.29) is 0 Å². The zero-order chi connectivity index (χ0) is 13.6. The lowest BCUT2D eigenvalue weighted by Crippen LogP contribution is -2.18. The highest BCUT2D eigenvalue weighted by atomic mass is 14.8. The molecule has 108 valence electrons. The Morgan fingerprint density at radius 2 is 1.37 bits per heavy atom. The van der Waals surface area contributed by atoms with Gasteiger partial charge in [0.05, 0.1) is 0 Å². The Kier molecular flexibility index (Phi) is 10.4. The highest BCUT2D eigenvalue weighted by Crippen LogP contribution is 2.07. The summed E-state index contributed by atoms with van der Waals surface area (Å²) in [6, 6.07) is 10.7. The van der Waals surface area contributed by atoms with Crippen LogP contribution in [0.4, 0.5) is 0 Å². The van der Waals surface area contributed by atoms with Crippen LogP contribution in [-0.4, -0.2) is 13.1 Å². The van der Waals surface area contributed by atoms with Crippen LogP contribution in [0.25, 0.3) is 0 Å². The Hall–Kier alpha value is -0.820. The van der Waals surface area contributed by atoms with Gasteiger partial charge in [0.15, 0.2) is 0 Å². The van der Waals surface area contributed by atoms with Gasteiger partial charge in [-0.15, -0.1) is 0 Å². The van der Waals surface area contributed by atoms with Gasteiger partial charge in [0, 0.05) is 0 Å². The van der Waals surface area contributed by atoms with Crippen molar-refractivity contribution in [3.05, 3.63) is 35.9 Å². The van der Waals surface area contributed by atoms with E-state index in [0.717, 1.165) is 13.0 Å². The molecule has 19 heavy (non-hydrogen) atoms. The molecule has 1 aromatic rings. The van der Waals surface area contributed by atoms with E-state index < -0.39 is 0 Å². The van der Waals surface area contributed by atoms with Gasteiger partial charge in [0.1, 0.15) is 0 Å². The molecule has 0 heterocycles. The van der Waals surface area contributed by atoms with Crippen molar-refractivity contribution in [2.75, 3.05) is 13.1 Å². The summed E-state index contributed by atoms with van der Waals surface area (Å²) in [4.78, 5) is 0. The first-order valence-electron chi connectivity index (χ1n) is 8.18. The van der Waals surface area contributed by atoms with Crippen molar-refractivity contribution in [3.63, 3.8) is 0 Å². The van der Waals surface area contributed by atoms with Gasteiger partial charge in [-0.1, -0.05) is 82.2 Å². The highest BCUT2D eigenvalue weighted by Gasteiger charge is 1.93. The van der Waals surface area contributed by atoms with E-state index in [1.165, 1.54) is 63.5 Å². The molecule has 0 aliphatic heterocycles. The minimum absolute atomic E-state index is 1.11. The Labute approximate surface area is 119 Å². The van der Waals surface area contributed by atoms with Crippen molar-refractivity contribution in [2.24, 2.45) is 0 Å². The largest absolute Gasteiger partial charge is 0.316 e. The van der Waals surface area contributed by atoms with Crippen molar-refractivity contribution in [1.29, 1.82) is 0 Å². The predicted octanol–water partition coefficient (Wildman–Crippen LogP) is 4.96. The molecule has 1 nitrogen and oxygen atoms in total. The Morgan fingerprint density at radius 1 is 0.737 bits per heavy atom. The molecule has 0 aliphatic carbocycles. The molecule has 0 saturated carbocycles. The SMILES string of the molecule is CCCCCCCCCCNCCc1ccccc1. The van der Waals surface area contributed by atoms with Gasteiger partial charge in [0.2, 0.25) is 0 Å². The van der Waals surface area contributed by atoms with E-state index in [0.29, 0.717) is 0 Å². The number of hydrogen-bond acceptors (Lipinski definition) is 1. The standard InChI is InChI=1S/C18H31N/c1-2-3-4-5-6-7-8-12-16-19-17-15-18-13-10-9-11-14-18/h9-11,13-14,19H,2-8,12,15-17H2,1H3. The van der Waals surface area contributed by atoms with Crippen molar-refractivity contribution >= 4 is 0 Å². The molecule has 0 amide bonds. The normalized spacial score (nSPS) is 10.8. The minimum Gasteiger partial charge on any atom is -0.316 e. The van der Waals surface area contributed by atoms with Gasteiger partial charge < -0.3 is 5.32 Å². The van der Waals surface area contributed by atoms with E-state index in [4.69, 9.17) is 0 Å². The first kappa shape index (κ1) is 16.2. The van der Waals surface area contributed by atoms with E-state index in [9.17, 15) is 0 Å². The summed E-state index contributed by atoms with van der Waals surface area (Å²) >= 11 is 0. The van der Waals surface area contributed by atoms with E-state index >= 15 is 0 Å². The fourth-order valence-corrected chi connectivity index (χ4v) is 2.39. The van der Waals surface area contributed by atoms with Gasteiger partial charge >= 0.3 is 0 Å². The molecule has 0 bridgehead atoms. The van der Waals surface area contributed by atoms with Gasteiger partial charge in [0.25, 0.3) is 0 Å². The fraction of sp³-hybridized carbons (Fsp3) is 0.667. The third kappa shape index (κ3) is 9.72. The van der Waals surface area contributed by atoms with E-state index in [1.54, 1.807) is 0 Å². The van der Waals surface area contributed by atoms with Crippen LogP contribution in [0.1, 0.15) is 63.9 Å². The van der Waals surface area contributed by atoms with Crippen LogP contribution in [0.3, 0.4) is 0 Å². The Balaban J connectivity index is 1.79. The molecule has 0 unspecified atom stereocenters. The number of unbranched alkanes of at least 4 members (excludes halogenated alkanes) is 7. The molecule has 1 heteroatoms. The second-order valence-electron chi connectivity index (χ2n) is 5.46. The average Bonchev–Trinajstić information content (AvgIpc) is 2.46. The van der Waals surface area contributed by atoms with Gasteiger partial charge in [-0.05, 0) is 31.5 Å². The fourth-order valence-electron chi connectivity index (χ4n) is 2.39. The lowest BCUT2D eigenvalue weighted by Gasteiger charge is -2.05. The Morgan fingerprint density at radius 3 is 2.05 bits per heavy atom. The van der Waals surface area contributed by atoms with Gasteiger partial charge in [-0.25, -0.2) is 0 Å². The molecule has 0 fully saturated rings. The van der Waals surface area contributed by atoms with Crippen molar-refractivity contribution in [1.82, 2.24) is 5.32 Å². The molecule has 0 spiro atoms. The molecule has 0 saturated heterocycles. The second-order valence-corrected chi connectivity index (χ2v) is 5.46. The molecule has 1 N–H and O–H groups in total. The molecular weight excluding hydrogens is 230 g/mol. The van der Waals surface area contributed by atoms with Crippen LogP contribution in [0.5, 0.6) is 0 Å². The topological polar surface area (TPSA) is 12.0 Å². The summed E-state index contributed by atoms with van der Waals surface area (Å²) < 4.78 is 0. The van der Waals surface area contributed by atoms with Crippen LogP contribution in [0.15, 0.2) is 30.3 Å². The number of nitrogens with one attached hydrogen (secondary N) is 1. The van der Waals surface area contributed by atoms with Crippen LogP contribution in [-0.2, 0) is 6.42 Å². The summed E-state index contributed by atoms with van der Waals surface area (Å²) in [5, 5.41) is 3.55. The van der Waals surface area contributed by atoms with Crippen LogP contribution in [0.2, 0.25) is 0 Å². The minimum atomic E-state index is 1.11. The molecule has 0 atom stereocenters. The second kappa shape index (κ2) is 12.2. The highest BCUT2D eigenvalue weighted by molar-refractivity contribution is 5.14. The average molecular weight is 261 g/mol. The molecule has 1 rings (SSSR count). The third-order valence-electron chi connectivity index (χ3n) is 3.64. The summed E-state index contributed by atoms with van der Waals surface area (Å²) in [6.07, 6.45) is 12.4. The maximum absolute atomic E-state index is 3.55. The van der Waals surface area contributed by atoms with E-state index in [2.05, 4.69) is 42.6 Å². The Bertz CT molecular complexity index is 281. The number of hydrogen-bond donors (Lipinski definition) is 1. The summed E-state index contributed by atoms with van der Waals surface area (Å²) in [6.45, 7) is 4.57. The first-order chi connectivity index (χ1) is 9.43. The third-order valence-corrected chi connectivity index (χ3v) is 3.64. The molecule has 0 aliphatic rings. The van der Waals surface area contributed by atoms with Crippen LogP contribution < -0.4 is 5.32 Å². The van der Waals surface area contributed by atoms with Crippen molar-refractivity contribution in [3.8, 4) is 0 Å². The smallest absolute Gasteiger partial charge is 0.000835 e. The van der Waals surface area contributed by atoms with Crippen molar-refractivity contribution in [2.45, 2.75) is 64.7 Å². The zero-order valence-electron chi connectivity index (χ0n) is 12.7. The number of benzene rings is 1. The van der Waals surface area contributed by atoms with Gasteiger partial charge in [-0.2, -0.15) is 0 Å². The lowest BCUT2D eigenvalue weighted by atomic mass is 10.1. The molecule has 1 aromatic carbocycles. The maximum Gasteiger partial charge on any atom is -0.000835 e. The summed E-state index contributed by atoms with van der Waals surface area (Å²) in [5.41, 5.74) is 1.44.